The average molecular weight is 341 g/mol. The van der Waals surface area contributed by atoms with Gasteiger partial charge in [-0.1, -0.05) is 23.4 Å². The number of nitrogens with one attached hydrogen (secondary N) is 1. The van der Waals surface area contributed by atoms with Gasteiger partial charge in [0, 0.05) is 11.6 Å². The van der Waals surface area contributed by atoms with Gasteiger partial charge >= 0.3 is 0 Å². The summed E-state index contributed by atoms with van der Waals surface area (Å²) in [5.74, 6) is 1.47. The number of carbonyl (C=O) groups is 1. The summed E-state index contributed by atoms with van der Waals surface area (Å²) in [6.45, 7) is 4.67. The molecule has 2 rings (SSSR count). The summed E-state index contributed by atoms with van der Waals surface area (Å²) in [5.41, 5.74) is 0.550. The molecule has 1 aromatic heterocycles. The molecule has 0 radical (unpaired) electrons. The van der Waals surface area contributed by atoms with Crippen molar-refractivity contribution in [1.29, 1.82) is 0 Å². The molecule has 0 bridgehead atoms. The van der Waals surface area contributed by atoms with E-state index >= 15 is 0 Å². The third-order valence-corrected chi connectivity index (χ3v) is 4.19. The molecule has 1 aromatic carbocycles. The van der Waals surface area contributed by atoms with Crippen LogP contribution in [0.15, 0.2) is 23.4 Å². The summed E-state index contributed by atoms with van der Waals surface area (Å²) in [6.07, 6.45) is 0. The van der Waals surface area contributed by atoms with Crippen molar-refractivity contribution >= 4 is 35.0 Å². The highest BCUT2D eigenvalue weighted by atomic mass is 35.5. The Morgan fingerprint density at radius 1 is 1.45 bits per heavy atom. The van der Waals surface area contributed by atoms with Gasteiger partial charge in [-0.15, -0.1) is 10.2 Å². The van der Waals surface area contributed by atoms with Gasteiger partial charge in [0.15, 0.2) is 5.16 Å². The van der Waals surface area contributed by atoms with Crippen LogP contribution in [-0.4, -0.2) is 33.5 Å². The van der Waals surface area contributed by atoms with Gasteiger partial charge in [-0.3, -0.25) is 4.79 Å². The van der Waals surface area contributed by atoms with Crippen LogP contribution in [0.25, 0.3) is 0 Å². The van der Waals surface area contributed by atoms with Crippen LogP contribution in [0.3, 0.4) is 0 Å². The second-order valence-corrected chi connectivity index (χ2v) is 5.83. The zero-order valence-electron chi connectivity index (χ0n) is 12.6. The molecule has 0 aliphatic rings. The van der Waals surface area contributed by atoms with Crippen molar-refractivity contribution in [2.45, 2.75) is 25.5 Å². The van der Waals surface area contributed by atoms with Gasteiger partial charge in [0.2, 0.25) is 5.91 Å². The van der Waals surface area contributed by atoms with Gasteiger partial charge in [0.1, 0.15) is 11.6 Å². The highest BCUT2D eigenvalue weighted by molar-refractivity contribution is 7.99. The van der Waals surface area contributed by atoms with Crippen LogP contribution >= 0.6 is 23.4 Å². The lowest BCUT2D eigenvalue weighted by Crippen LogP contribution is -2.15. The summed E-state index contributed by atoms with van der Waals surface area (Å²) in [5, 5.41) is 12.1. The summed E-state index contributed by atoms with van der Waals surface area (Å²) in [7, 11) is 1.54. The first-order chi connectivity index (χ1) is 10.5. The number of ether oxygens (including phenoxy) is 1. The Bertz CT molecular complexity index is 675. The summed E-state index contributed by atoms with van der Waals surface area (Å²) >= 11 is 7.28. The highest BCUT2D eigenvalue weighted by Crippen LogP contribution is 2.28. The van der Waals surface area contributed by atoms with Crippen LogP contribution in [0.4, 0.5) is 5.69 Å². The normalized spacial score (nSPS) is 10.5. The largest absolute Gasteiger partial charge is 0.495 e. The predicted octanol–water partition coefficient (Wildman–Crippen LogP) is 3.00. The molecule has 0 fully saturated rings. The molecule has 1 N–H and O–H groups in total. The van der Waals surface area contributed by atoms with Crippen molar-refractivity contribution in [1.82, 2.24) is 14.8 Å². The fourth-order valence-electron chi connectivity index (χ4n) is 1.93. The van der Waals surface area contributed by atoms with Crippen LogP contribution in [0.5, 0.6) is 5.75 Å². The fourth-order valence-corrected chi connectivity index (χ4v) is 2.95. The number of anilines is 1. The molecule has 0 aliphatic heterocycles. The average Bonchev–Trinajstić information content (AvgIpc) is 2.85. The molecule has 6 nitrogen and oxygen atoms in total. The van der Waals surface area contributed by atoms with Crippen LogP contribution < -0.4 is 10.1 Å². The number of aryl methyl sites for hydroxylation is 1. The smallest absolute Gasteiger partial charge is 0.234 e. The van der Waals surface area contributed by atoms with E-state index in [1.54, 1.807) is 25.3 Å². The first kappa shape index (κ1) is 16.6. The lowest BCUT2D eigenvalue weighted by atomic mass is 10.3. The Kier molecular flexibility index (Phi) is 5.68. The molecule has 0 saturated heterocycles. The number of carbonyl (C=O) groups excluding carboxylic acids is 1. The Morgan fingerprint density at radius 3 is 2.91 bits per heavy atom. The van der Waals surface area contributed by atoms with E-state index in [2.05, 4.69) is 15.5 Å². The van der Waals surface area contributed by atoms with Crippen molar-refractivity contribution in [3.05, 3.63) is 29.0 Å². The number of rotatable bonds is 6. The zero-order valence-corrected chi connectivity index (χ0v) is 14.2. The van der Waals surface area contributed by atoms with Crippen LogP contribution in [0.2, 0.25) is 5.02 Å². The van der Waals surface area contributed by atoms with Gasteiger partial charge in [-0.05, 0) is 32.0 Å². The number of methoxy groups -OCH3 is 1. The molecule has 118 valence electrons. The molecule has 0 aliphatic carbocycles. The molecule has 2 aromatic rings. The predicted molar refractivity (Wildman–Crippen MR) is 87.8 cm³/mol. The third kappa shape index (κ3) is 3.92. The quantitative estimate of drug-likeness (QED) is 0.819. The number of benzene rings is 1. The number of nitrogens with zero attached hydrogens (tertiary/aromatic N) is 3. The third-order valence-electron chi connectivity index (χ3n) is 2.99. The molecule has 0 atom stereocenters. The maximum absolute atomic E-state index is 12.1. The molecular formula is C14H17ClN4O2S. The number of hydrogen-bond acceptors (Lipinski definition) is 5. The van der Waals surface area contributed by atoms with E-state index < -0.39 is 0 Å². The van der Waals surface area contributed by atoms with Gasteiger partial charge in [-0.2, -0.15) is 0 Å². The van der Waals surface area contributed by atoms with Crippen molar-refractivity contribution < 1.29 is 9.53 Å². The SMILES string of the molecule is CCn1c(C)nnc1SCC(=O)Nc1cc(Cl)ccc1OC. The fraction of sp³-hybridized carbons (Fsp3) is 0.357. The molecule has 22 heavy (non-hydrogen) atoms. The number of aromatic nitrogens is 3. The van der Waals surface area contributed by atoms with E-state index in [9.17, 15) is 4.79 Å². The van der Waals surface area contributed by atoms with Crippen molar-refractivity contribution in [2.75, 3.05) is 18.2 Å². The van der Waals surface area contributed by atoms with Crippen LogP contribution in [-0.2, 0) is 11.3 Å². The molecular weight excluding hydrogens is 324 g/mol. The Hall–Kier alpha value is -1.73. The first-order valence-corrected chi connectivity index (χ1v) is 8.07. The Balaban J connectivity index is 2.00. The van der Waals surface area contributed by atoms with E-state index in [1.807, 2.05) is 18.4 Å². The number of amides is 1. The number of hydrogen-bond donors (Lipinski definition) is 1. The van der Waals surface area contributed by atoms with Crippen molar-refractivity contribution in [3.63, 3.8) is 0 Å². The molecule has 1 amide bonds. The Morgan fingerprint density at radius 2 is 2.23 bits per heavy atom. The van der Waals surface area contributed by atoms with E-state index in [0.29, 0.717) is 16.5 Å². The molecule has 0 saturated carbocycles. The van der Waals surface area contributed by atoms with Crippen molar-refractivity contribution in [2.24, 2.45) is 0 Å². The standard InChI is InChI=1S/C14H17ClN4O2S/c1-4-19-9(2)17-18-14(19)22-8-13(20)16-11-7-10(15)5-6-12(11)21-3/h5-7H,4,8H2,1-3H3,(H,16,20). The maximum atomic E-state index is 12.1. The van der Waals surface area contributed by atoms with Crippen molar-refractivity contribution in [3.8, 4) is 5.75 Å². The molecule has 1 heterocycles. The highest BCUT2D eigenvalue weighted by Gasteiger charge is 2.12. The summed E-state index contributed by atoms with van der Waals surface area (Å²) in [4.78, 5) is 12.1. The van der Waals surface area contributed by atoms with Gasteiger partial charge in [-0.25, -0.2) is 0 Å². The zero-order chi connectivity index (χ0) is 16.1. The van der Waals surface area contributed by atoms with Gasteiger partial charge < -0.3 is 14.6 Å². The Labute approximate surface area is 138 Å². The monoisotopic (exact) mass is 340 g/mol. The molecule has 8 heteroatoms. The lowest BCUT2D eigenvalue weighted by molar-refractivity contribution is -0.113. The molecule has 0 unspecified atom stereocenters. The minimum Gasteiger partial charge on any atom is -0.495 e. The summed E-state index contributed by atoms with van der Waals surface area (Å²) < 4.78 is 7.15. The second kappa shape index (κ2) is 7.51. The van der Waals surface area contributed by atoms with E-state index in [4.69, 9.17) is 16.3 Å². The minimum absolute atomic E-state index is 0.158. The van der Waals surface area contributed by atoms with Gasteiger partial charge in [0.05, 0.1) is 18.6 Å². The first-order valence-electron chi connectivity index (χ1n) is 6.71. The maximum Gasteiger partial charge on any atom is 0.234 e. The number of halogens is 1. The van der Waals surface area contributed by atoms with Crippen LogP contribution in [0, 0.1) is 6.92 Å². The number of thioether (sulfide) groups is 1. The van der Waals surface area contributed by atoms with E-state index in [-0.39, 0.29) is 11.7 Å². The van der Waals surface area contributed by atoms with E-state index in [0.717, 1.165) is 17.5 Å². The second-order valence-electron chi connectivity index (χ2n) is 4.46. The van der Waals surface area contributed by atoms with Crippen LogP contribution in [0.1, 0.15) is 12.7 Å². The lowest BCUT2D eigenvalue weighted by Gasteiger charge is -2.10. The van der Waals surface area contributed by atoms with Gasteiger partial charge in [0.25, 0.3) is 0 Å². The molecule has 0 spiro atoms. The topological polar surface area (TPSA) is 69.0 Å². The summed E-state index contributed by atoms with van der Waals surface area (Å²) in [6, 6.07) is 5.07. The minimum atomic E-state index is -0.158. The van der Waals surface area contributed by atoms with E-state index in [1.165, 1.54) is 11.8 Å².